The third kappa shape index (κ3) is 4.88. The number of carboxylic acid groups (broad SMARTS) is 1. The van der Waals surface area contributed by atoms with E-state index in [-0.39, 0.29) is 31.4 Å². The minimum absolute atomic E-state index is 0.153. The molecule has 2 atom stereocenters. The number of para-hydroxylation sites is 1. The molecular weight excluding hydrogens is 436 g/mol. The Morgan fingerprint density at radius 3 is 2.50 bits per heavy atom. The summed E-state index contributed by atoms with van der Waals surface area (Å²) in [7, 11) is 1.63. The second-order valence-electron chi connectivity index (χ2n) is 8.58. The van der Waals surface area contributed by atoms with Gasteiger partial charge in [0.05, 0.1) is 12.3 Å². The van der Waals surface area contributed by atoms with Crippen molar-refractivity contribution in [1.82, 2.24) is 15.2 Å². The van der Waals surface area contributed by atoms with Gasteiger partial charge in [-0.05, 0) is 24.1 Å². The van der Waals surface area contributed by atoms with Gasteiger partial charge in [0.15, 0.2) is 0 Å². The van der Waals surface area contributed by atoms with Gasteiger partial charge in [-0.2, -0.15) is 5.10 Å². The van der Waals surface area contributed by atoms with Gasteiger partial charge in [0.1, 0.15) is 17.2 Å². The lowest BCUT2D eigenvalue weighted by atomic mass is 9.73. The van der Waals surface area contributed by atoms with Crippen LogP contribution in [0.2, 0.25) is 0 Å². The number of amides is 3. The summed E-state index contributed by atoms with van der Waals surface area (Å²) in [6, 6.07) is 17.8. The predicted octanol–water partition coefficient (Wildman–Crippen LogP) is 2.38. The van der Waals surface area contributed by atoms with Crippen molar-refractivity contribution in [2.75, 3.05) is 26.7 Å². The fourth-order valence-electron chi connectivity index (χ4n) is 4.65. The van der Waals surface area contributed by atoms with Crippen molar-refractivity contribution in [2.45, 2.75) is 25.3 Å². The number of hydrogen-bond acceptors (Lipinski definition) is 5. The number of nitrogens with one attached hydrogen (secondary N) is 1. The Kier molecular flexibility index (Phi) is 6.81. The largest absolute Gasteiger partial charge is 0.494 e. The summed E-state index contributed by atoms with van der Waals surface area (Å²) >= 11 is 0. The monoisotopic (exact) mass is 464 g/mol. The van der Waals surface area contributed by atoms with E-state index in [4.69, 9.17) is 4.74 Å². The zero-order valence-electron chi connectivity index (χ0n) is 19.0. The van der Waals surface area contributed by atoms with Gasteiger partial charge in [0.25, 0.3) is 5.91 Å². The van der Waals surface area contributed by atoms with Crippen LogP contribution in [0, 0.1) is 5.41 Å². The molecule has 0 unspecified atom stereocenters. The molecule has 0 saturated carbocycles. The molecule has 9 nitrogen and oxygen atoms in total. The first kappa shape index (κ1) is 23.3. The SMILES string of the molecule is CN1N=C2CCN(C(=O)[C@@H](CCOc3ccccc3)NC(=O)O)C[C@@]2(Cc2ccccc2)C1=O. The van der Waals surface area contributed by atoms with Crippen LogP contribution in [0.4, 0.5) is 4.79 Å². The number of piperidine rings is 1. The van der Waals surface area contributed by atoms with Crippen LogP contribution in [0.1, 0.15) is 18.4 Å². The maximum absolute atomic E-state index is 13.4. The number of benzene rings is 2. The van der Waals surface area contributed by atoms with E-state index in [0.717, 1.165) is 11.3 Å². The Morgan fingerprint density at radius 1 is 1.15 bits per heavy atom. The van der Waals surface area contributed by atoms with Crippen LogP contribution in [-0.2, 0) is 16.0 Å². The number of rotatable bonds is 8. The number of likely N-dealkylation sites (tertiary alicyclic amines) is 1. The first-order valence-corrected chi connectivity index (χ1v) is 11.3. The highest BCUT2D eigenvalue weighted by molar-refractivity contribution is 6.13. The molecule has 0 bridgehead atoms. The normalized spacial score (nSPS) is 20.4. The van der Waals surface area contributed by atoms with E-state index in [0.29, 0.717) is 25.1 Å². The Hall–Kier alpha value is -3.88. The maximum Gasteiger partial charge on any atom is 0.405 e. The number of hydrogen-bond donors (Lipinski definition) is 2. The summed E-state index contributed by atoms with van der Waals surface area (Å²) in [5.41, 5.74) is 0.797. The molecule has 0 aliphatic carbocycles. The van der Waals surface area contributed by atoms with Gasteiger partial charge < -0.3 is 20.1 Å². The van der Waals surface area contributed by atoms with Crippen molar-refractivity contribution in [1.29, 1.82) is 0 Å². The highest BCUT2D eigenvalue weighted by Crippen LogP contribution is 2.38. The fraction of sp³-hybridized carbons (Fsp3) is 0.360. The van der Waals surface area contributed by atoms with Gasteiger partial charge in [-0.1, -0.05) is 48.5 Å². The molecule has 178 valence electrons. The van der Waals surface area contributed by atoms with Crippen molar-refractivity contribution in [3.63, 3.8) is 0 Å². The number of ether oxygens (including phenoxy) is 1. The van der Waals surface area contributed by atoms with Gasteiger partial charge in [0, 0.05) is 33.0 Å². The molecule has 2 aromatic rings. The molecule has 1 fully saturated rings. The summed E-state index contributed by atoms with van der Waals surface area (Å²) in [5, 5.41) is 17.5. The van der Waals surface area contributed by atoms with E-state index < -0.39 is 17.6 Å². The van der Waals surface area contributed by atoms with Crippen LogP contribution in [0.15, 0.2) is 65.8 Å². The van der Waals surface area contributed by atoms with Gasteiger partial charge in [-0.25, -0.2) is 9.80 Å². The molecular formula is C25H28N4O5. The molecule has 3 amide bonds. The second kappa shape index (κ2) is 9.94. The Bertz CT molecular complexity index is 1080. The molecule has 0 spiro atoms. The molecule has 2 aromatic carbocycles. The average Bonchev–Trinajstić information content (AvgIpc) is 3.08. The van der Waals surface area contributed by atoms with Crippen molar-refractivity contribution >= 4 is 23.6 Å². The van der Waals surface area contributed by atoms with E-state index in [1.165, 1.54) is 5.01 Å². The lowest BCUT2D eigenvalue weighted by Gasteiger charge is -2.40. The zero-order valence-corrected chi connectivity index (χ0v) is 19.0. The standard InChI is InChI=1S/C25H28N4O5/c1-28-23(31)25(16-18-8-4-2-5-9-18)17-29(14-12-21(25)27-28)22(30)20(26-24(32)33)13-15-34-19-10-6-3-7-11-19/h2-11,20,26H,12-17H2,1H3,(H,32,33)/t20-,25-/m1/s1. The molecule has 4 rings (SSSR count). The average molecular weight is 465 g/mol. The lowest BCUT2D eigenvalue weighted by Crippen LogP contribution is -2.59. The van der Waals surface area contributed by atoms with Gasteiger partial charge in [-0.3, -0.25) is 9.59 Å². The number of carbonyl (C=O) groups is 3. The van der Waals surface area contributed by atoms with Crippen molar-refractivity contribution in [3.05, 3.63) is 66.2 Å². The summed E-state index contributed by atoms with van der Waals surface area (Å²) in [5.74, 6) is 0.121. The molecule has 0 radical (unpaired) electrons. The topological polar surface area (TPSA) is 112 Å². The van der Waals surface area contributed by atoms with E-state index in [2.05, 4.69) is 10.4 Å². The first-order chi connectivity index (χ1) is 16.4. The molecule has 1 saturated heterocycles. The van der Waals surface area contributed by atoms with E-state index in [1.54, 1.807) is 24.1 Å². The minimum Gasteiger partial charge on any atom is -0.494 e. The van der Waals surface area contributed by atoms with Crippen molar-refractivity contribution < 1.29 is 24.2 Å². The summed E-state index contributed by atoms with van der Waals surface area (Å²) in [4.78, 5) is 39.7. The van der Waals surface area contributed by atoms with Crippen molar-refractivity contribution in [3.8, 4) is 5.75 Å². The van der Waals surface area contributed by atoms with Crippen LogP contribution >= 0.6 is 0 Å². The second-order valence-corrected chi connectivity index (χ2v) is 8.58. The van der Waals surface area contributed by atoms with Crippen LogP contribution < -0.4 is 10.1 Å². The number of nitrogens with zero attached hydrogens (tertiary/aromatic N) is 3. The Morgan fingerprint density at radius 2 is 1.82 bits per heavy atom. The molecule has 2 aliphatic heterocycles. The third-order valence-electron chi connectivity index (χ3n) is 6.28. The minimum atomic E-state index is -1.28. The van der Waals surface area contributed by atoms with E-state index >= 15 is 0 Å². The van der Waals surface area contributed by atoms with Crippen LogP contribution in [0.3, 0.4) is 0 Å². The molecule has 0 aromatic heterocycles. The van der Waals surface area contributed by atoms with Crippen LogP contribution in [0.5, 0.6) is 5.75 Å². The zero-order chi connectivity index (χ0) is 24.1. The molecule has 2 aliphatic rings. The lowest BCUT2D eigenvalue weighted by molar-refractivity contribution is -0.140. The Labute approximate surface area is 198 Å². The predicted molar refractivity (Wildman–Crippen MR) is 125 cm³/mol. The van der Waals surface area contributed by atoms with E-state index in [9.17, 15) is 19.5 Å². The van der Waals surface area contributed by atoms with Gasteiger partial charge in [-0.15, -0.1) is 0 Å². The molecule has 34 heavy (non-hydrogen) atoms. The third-order valence-corrected chi connectivity index (χ3v) is 6.28. The number of carbonyl (C=O) groups excluding carboxylic acids is 2. The summed E-state index contributed by atoms with van der Waals surface area (Å²) in [6.07, 6.45) is -0.243. The number of hydrazone groups is 1. The quantitative estimate of drug-likeness (QED) is 0.623. The highest BCUT2D eigenvalue weighted by Gasteiger charge is 2.53. The highest BCUT2D eigenvalue weighted by atomic mass is 16.5. The molecule has 9 heteroatoms. The van der Waals surface area contributed by atoms with Crippen LogP contribution in [0.25, 0.3) is 0 Å². The maximum atomic E-state index is 13.4. The van der Waals surface area contributed by atoms with Crippen molar-refractivity contribution in [2.24, 2.45) is 10.5 Å². The smallest absolute Gasteiger partial charge is 0.405 e. The van der Waals surface area contributed by atoms with Crippen LogP contribution in [-0.4, -0.2) is 71.4 Å². The molecule has 2 heterocycles. The fourth-order valence-corrected chi connectivity index (χ4v) is 4.65. The summed E-state index contributed by atoms with van der Waals surface area (Å²) in [6.45, 7) is 0.685. The van der Waals surface area contributed by atoms with E-state index in [1.807, 2.05) is 48.5 Å². The Balaban J connectivity index is 1.50. The van der Waals surface area contributed by atoms with Gasteiger partial charge >= 0.3 is 6.09 Å². The molecule has 2 N–H and O–H groups in total. The first-order valence-electron chi connectivity index (χ1n) is 11.3. The number of fused-ring (bicyclic) bond motifs is 1. The summed E-state index contributed by atoms with van der Waals surface area (Å²) < 4.78 is 5.67. The van der Waals surface area contributed by atoms with Gasteiger partial charge in [0.2, 0.25) is 5.91 Å².